The maximum atomic E-state index is 12.1. The van der Waals surface area contributed by atoms with Crippen LogP contribution in [-0.2, 0) is 4.74 Å². The normalized spacial score (nSPS) is 10.2. The van der Waals surface area contributed by atoms with Gasteiger partial charge < -0.3 is 20.1 Å². The fourth-order valence-electron chi connectivity index (χ4n) is 3.39. The molecule has 194 valence electrons. The lowest BCUT2D eigenvalue weighted by atomic mass is 10.1. The topological polar surface area (TPSA) is 162 Å². The van der Waals surface area contributed by atoms with E-state index >= 15 is 0 Å². The number of rotatable bonds is 5. The zero-order valence-electron chi connectivity index (χ0n) is 20.1. The van der Waals surface area contributed by atoms with Crippen molar-refractivity contribution in [1.29, 1.82) is 5.26 Å². The Morgan fingerprint density at radius 2 is 1.77 bits per heavy atom. The van der Waals surface area contributed by atoms with Crippen molar-refractivity contribution in [3.05, 3.63) is 103 Å². The number of H-pyrrole nitrogens is 1. The highest BCUT2D eigenvalue weighted by atomic mass is 32.1. The first-order chi connectivity index (χ1) is 18.8. The standard InChI is InChI=1S/C14H10N2O3S.C13H8N2O3S/c1-19-14(18)12-11(5-6-20-12)16-13(17)10-4-2-3-9(7-10)8-15;16-12-10-9(4-5-19-10)14-11(15-12)7-2-1-3-8(6-7)13(17)18/h2-7H,1H3,(H,16,17);1-6H,(H,17,18)(H,14,15,16). The van der Waals surface area contributed by atoms with Crippen molar-refractivity contribution in [2.45, 2.75) is 0 Å². The molecule has 5 aromatic rings. The lowest BCUT2D eigenvalue weighted by molar-refractivity contribution is 0.0606. The van der Waals surface area contributed by atoms with Crippen LogP contribution in [-0.4, -0.2) is 40.0 Å². The lowest BCUT2D eigenvalue weighted by Gasteiger charge is -2.05. The Morgan fingerprint density at radius 1 is 1.03 bits per heavy atom. The largest absolute Gasteiger partial charge is 0.478 e. The quantitative estimate of drug-likeness (QED) is 0.254. The first-order valence-corrected chi connectivity index (χ1v) is 12.8. The number of fused-ring (bicyclic) bond motifs is 1. The third kappa shape index (κ3) is 6.24. The van der Waals surface area contributed by atoms with Gasteiger partial charge in [-0.15, -0.1) is 22.7 Å². The summed E-state index contributed by atoms with van der Waals surface area (Å²) in [6.07, 6.45) is 0. The number of nitriles is 1. The number of carbonyl (C=O) groups excluding carboxylic acids is 2. The van der Waals surface area contributed by atoms with E-state index in [-0.39, 0.29) is 17.0 Å². The van der Waals surface area contributed by atoms with Crippen LogP contribution in [0, 0.1) is 11.3 Å². The highest BCUT2D eigenvalue weighted by Crippen LogP contribution is 2.24. The van der Waals surface area contributed by atoms with Gasteiger partial charge in [0.2, 0.25) is 0 Å². The van der Waals surface area contributed by atoms with Crippen LogP contribution in [0.1, 0.15) is 36.0 Å². The maximum absolute atomic E-state index is 12.1. The number of nitrogens with one attached hydrogen (secondary N) is 2. The second-order valence-electron chi connectivity index (χ2n) is 7.74. The number of ether oxygens (including phenoxy) is 1. The lowest BCUT2D eigenvalue weighted by Crippen LogP contribution is -2.14. The molecule has 0 saturated carbocycles. The molecule has 10 nitrogen and oxygen atoms in total. The Morgan fingerprint density at radius 3 is 2.51 bits per heavy atom. The summed E-state index contributed by atoms with van der Waals surface area (Å²) >= 11 is 2.51. The first kappa shape index (κ1) is 26.9. The van der Waals surface area contributed by atoms with E-state index in [4.69, 9.17) is 10.4 Å². The molecule has 3 N–H and O–H groups in total. The van der Waals surface area contributed by atoms with Crippen molar-refractivity contribution in [2.75, 3.05) is 12.4 Å². The summed E-state index contributed by atoms with van der Waals surface area (Å²) in [7, 11) is 1.28. The number of hydrogen-bond acceptors (Lipinski definition) is 9. The molecule has 3 aromatic heterocycles. The number of anilines is 1. The van der Waals surface area contributed by atoms with Gasteiger partial charge >= 0.3 is 11.9 Å². The van der Waals surface area contributed by atoms with Crippen LogP contribution in [0.4, 0.5) is 5.69 Å². The van der Waals surface area contributed by atoms with Gasteiger partial charge in [-0.1, -0.05) is 18.2 Å². The molecule has 0 atom stereocenters. The number of methoxy groups -OCH3 is 1. The monoisotopic (exact) mass is 558 g/mol. The van der Waals surface area contributed by atoms with E-state index < -0.39 is 11.9 Å². The number of aromatic carboxylic acids is 1. The number of aromatic amines is 1. The molecule has 0 unspecified atom stereocenters. The molecule has 0 spiro atoms. The van der Waals surface area contributed by atoms with Crippen molar-refractivity contribution >= 4 is 56.4 Å². The molecular formula is C27H18N4O6S2. The van der Waals surface area contributed by atoms with Gasteiger partial charge in [-0.25, -0.2) is 14.6 Å². The van der Waals surface area contributed by atoms with Gasteiger partial charge in [0.1, 0.15) is 15.4 Å². The summed E-state index contributed by atoms with van der Waals surface area (Å²) in [5.41, 5.74) is 2.28. The first-order valence-electron chi connectivity index (χ1n) is 11.1. The fraction of sp³-hybridized carbons (Fsp3) is 0.0370. The van der Waals surface area contributed by atoms with Crippen LogP contribution >= 0.6 is 22.7 Å². The molecule has 0 aliphatic carbocycles. The van der Waals surface area contributed by atoms with Gasteiger partial charge in [-0.3, -0.25) is 9.59 Å². The molecule has 0 saturated heterocycles. The molecule has 39 heavy (non-hydrogen) atoms. The second kappa shape index (κ2) is 12.0. The highest BCUT2D eigenvalue weighted by Gasteiger charge is 2.16. The number of amides is 1. The fourth-order valence-corrected chi connectivity index (χ4v) is 4.88. The van der Waals surface area contributed by atoms with E-state index in [1.165, 1.54) is 48.0 Å². The number of carboxylic acid groups (broad SMARTS) is 1. The number of aromatic nitrogens is 2. The van der Waals surface area contributed by atoms with Crippen molar-refractivity contribution in [2.24, 2.45) is 0 Å². The molecule has 3 heterocycles. The molecule has 1 amide bonds. The molecule has 5 rings (SSSR count). The number of hydrogen-bond donors (Lipinski definition) is 3. The van der Waals surface area contributed by atoms with E-state index in [1.54, 1.807) is 53.2 Å². The average Bonchev–Trinajstić information content (AvgIpc) is 3.63. The number of nitrogens with zero attached hydrogens (tertiary/aromatic N) is 2. The summed E-state index contributed by atoms with van der Waals surface area (Å²) in [4.78, 5) is 53.7. The summed E-state index contributed by atoms with van der Waals surface area (Å²) in [5.74, 6) is -1.52. The molecule has 0 fully saturated rings. The zero-order valence-corrected chi connectivity index (χ0v) is 21.8. The van der Waals surface area contributed by atoms with Gasteiger partial charge in [0.15, 0.2) is 0 Å². The maximum Gasteiger partial charge on any atom is 0.350 e. The van der Waals surface area contributed by atoms with E-state index in [2.05, 4.69) is 20.0 Å². The highest BCUT2D eigenvalue weighted by molar-refractivity contribution is 7.17. The van der Waals surface area contributed by atoms with Gasteiger partial charge in [0.25, 0.3) is 11.5 Å². The average molecular weight is 559 g/mol. The molecular weight excluding hydrogens is 540 g/mol. The summed E-state index contributed by atoms with van der Waals surface area (Å²) in [6, 6.07) is 18.0. The summed E-state index contributed by atoms with van der Waals surface area (Å²) in [6.45, 7) is 0. The van der Waals surface area contributed by atoms with Crippen LogP contribution in [0.3, 0.4) is 0 Å². The number of carboxylic acids is 1. The molecule has 0 radical (unpaired) electrons. The number of esters is 1. The molecule has 2 aromatic carbocycles. The minimum atomic E-state index is -1.01. The second-order valence-corrected chi connectivity index (χ2v) is 9.57. The van der Waals surface area contributed by atoms with Crippen molar-refractivity contribution in [1.82, 2.24) is 9.97 Å². The molecule has 0 bridgehead atoms. The Bertz CT molecular complexity index is 1800. The van der Waals surface area contributed by atoms with Crippen LogP contribution in [0.2, 0.25) is 0 Å². The molecule has 12 heteroatoms. The predicted octanol–water partition coefficient (Wildman–Crippen LogP) is 5.01. The third-order valence-corrected chi connectivity index (χ3v) is 7.03. The zero-order chi connectivity index (χ0) is 27.9. The Labute approximate surface area is 228 Å². The van der Waals surface area contributed by atoms with Crippen LogP contribution in [0.25, 0.3) is 21.6 Å². The van der Waals surface area contributed by atoms with Gasteiger partial charge in [-0.2, -0.15) is 5.26 Å². The van der Waals surface area contributed by atoms with E-state index in [9.17, 15) is 19.2 Å². The number of benzene rings is 2. The number of carbonyl (C=O) groups is 3. The van der Waals surface area contributed by atoms with Crippen molar-refractivity contribution in [3.63, 3.8) is 0 Å². The Kier molecular flexibility index (Phi) is 8.25. The SMILES string of the molecule is COC(=O)c1sccc1NC(=O)c1cccc(C#N)c1.O=C(O)c1cccc(-c2nc3ccsc3c(=O)[nH]2)c1. The molecule has 0 aliphatic heterocycles. The minimum absolute atomic E-state index is 0.158. The van der Waals surface area contributed by atoms with Gasteiger partial charge in [0, 0.05) is 11.1 Å². The predicted molar refractivity (Wildman–Crippen MR) is 147 cm³/mol. The number of thiophene rings is 2. The van der Waals surface area contributed by atoms with Crippen LogP contribution in [0.5, 0.6) is 0 Å². The van der Waals surface area contributed by atoms with Gasteiger partial charge in [-0.05, 0) is 53.2 Å². The summed E-state index contributed by atoms with van der Waals surface area (Å²) < 4.78 is 5.20. The van der Waals surface area contributed by atoms with E-state index in [1.807, 2.05) is 6.07 Å². The summed E-state index contributed by atoms with van der Waals surface area (Å²) in [5, 5.41) is 23.9. The minimum Gasteiger partial charge on any atom is -0.478 e. The van der Waals surface area contributed by atoms with Crippen molar-refractivity contribution in [3.8, 4) is 17.5 Å². The van der Waals surface area contributed by atoms with Crippen LogP contribution < -0.4 is 10.9 Å². The smallest absolute Gasteiger partial charge is 0.350 e. The van der Waals surface area contributed by atoms with E-state index in [0.29, 0.717) is 43.3 Å². The Hall–Kier alpha value is -5.12. The molecule has 0 aliphatic rings. The van der Waals surface area contributed by atoms with Gasteiger partial charge in [0.05, 0.1) is 35.5 Å². The van der Waals surface area contributed by atoms with Crippen molar-refractivity contribution < 1.29 is 24.2 Å². The van der Waals surface area contributed by atoms with E-state index in [0.717, 1.165) is 0 Å². The Balaban J connectivity index is 0.000000181. The van der Waals surface area contributed by atoms with Crippen LogP contribution in [0.15, 0.2) is 76.2 Å². The third-order valence-electron chi connectivity index (χ3n) is 5.24.